The van der Waals surface area contributed by atoms with Gasteiger partial charge in [0.05, 0.1) is 12.7 Å². The zero-order valence-electron chi connectivity index (χ0n) is 13.1. The molecule has 2 aromatic heterocycles. The van der Waals surface area contributed by atoms with Crippen LogP contribution in [0.3, 0.4) is 0 Å². The molecule has 0 amide bonds. The number of piperazine rings is 1. The van der Waals surface area contributed by atoms with Crippen molar-refractivity contribution in [3.8, 4) is 0 Å². The fourth-order valence-corrected chi connectivity index (χ4v) is 2.97. The molecule has 1 fully saturated rings. The molecule has 118 valence electrons. The van der Waals surface area contributed by atoms with E-state index in [-0.39, 0.29) is 0 Å². The molecule has 1 aliphatic rings. The fourth-order valence-electron chi connectivity index (χ4n) is 2.97. The molecule has 3 rings (SSSR count). The second kappa shape index (κ2) is 6.44. The average molecular weight is 303 g/mol. The summed E-state index contributed by atoms with van der Waals surface area (Å²) in [6, 6.07) is 5.30. The smallest absolute Gasteiger partial charge is 0.214 e. The first-order chi connectivity index (χ1) is 10.6. The van der Waals surface area contributed by atoms with Gasteiger partial charge >= 0.3 is 0 Å². The third-order valence-electron chi connectivity index (χ3n) is 4.11. The Balaban J connectivity index is 1.55. The van der Waals surface area contributed by atoms with Gasteiger partial charge in [-0.3, -0.25) is 9.58 Å². The highest BCUT2D eigenvalue weighted by Crippen LogP contribution is 2.18. The Labute approximate surface area is 130 Å². The summed E-state index contributed by atoms with van der Waals surface area (Å²) >= 11 is 0. The minimum Gasteiger partial charge on any atom is -0.351 e. The van der Waals surface area contributed by atoms with Crippen molar-refractivity contribution < 1.29 is 4.39 Å². The average Bonchev–Trinajstić information content (AvgIpc) is 2.91. The summed E-state index contributed by atoms with van der Waals surface area (Å²) in [6.45, 7) is 8.89. The van der Waals surface area contributed by atoms with Crippen molar-refractivity contribution in [2.75, 3.05) is 31.1 Å². The van der Waals surface area contributed by atoms with E-state index in [9.17, 15) is 4.39 Å². The molecule has 5 nitrogen and oxygen atoms in total. The van der Waals surface area contributed by atoms with Crippen molar-refractivity contribution in [2.24, 2.45) is 0 Å². The molecule has 0 radical (unpaired) electrons. The van der Waals surface area contributed by atoms with E-state index in [0.29, 0.717) is 6.04 Å². The van der Waals surface area contributed by atoms with Gasteiger partial charge in [0, 0.05) is 38.4 Å². The van der Waals surface area contributed by atoms with E-state index in [0.717, 1.165) is 38.5 Å². The van der Waals surface area contributed by atoms with Crippen LogP contribution in [-0.4, -0.2) is 51.9 Å². The molecule has 0 N–H and O–H groups in total. The van der Waals surface area contributed by atoms with Gasteiger partial charge in [0.1, 0.15) is 5.82 Å². The number of pyridine rings is 1. The number of aromatic nitrogens is 3. The molecule has 3 heterocycles. The van der Waals surface area contributed by atoms with Gasteiger partial charge in [0.2, 0.25) is 5.95 Å². The minimum absolute atomic E-state index is 0.322. The largest absolute Gasteiger partial charge is 0.351 e. The van der Waals surface area contributed by atoms with Gasteiger partial charge in [0.15, 0.2) is 0 Å². The zero-order valence-corrected chi connectivity index (χ0v) is 13.1. The Morgan fingerprint density at radius 3 is 2.82 bits per heavy atom. The molecule has 2 aromatic rings. The van der Waals surface area contributed by atoms with E-state index < -0.39 is 5.95 Å². The number of nitrogens with zero attached hydrogens (tertiary/aromatic N) is 5. The monoisotopic (exact) mass is 303 g/mol. The van der Waals surface area contributed by atoms with Crippen molar-refractivity contribution in [3.63, 3.8) is 0 Å². The maximum Gasteiger partial charge on any atom is 0.214 e. The van der Waals surface area contributed by atoms with Gasteiger partial charge < -0.3 is 4.90 Å². The Kier molecular flexibility index (Phi) is 4.38. The van der Waals surface area contributed by atoms with Gasteiger partial charge in [-0.2, -0.15) is 9.49 Å². The number of hydrogen-bond donors (Lipinski definition) is 0. The Morgan fingerprint density at radius 1 is 1.27 bits per heavy atom. The predicted octanol–water partition coefficient (Wildman–Crippen LogP) is 1.94. The topological polar surface area (TPSA) is 37.2 Å². The maximum absolute atomic E-state index is 13.3. The van der Waals surface area contributed by atoms with Crippen molar-refractivity contribution in [1.29, 1.82) is 0 Å². The molecule has 1 unspecified atom stereocenters. The molecule has 6 heteroatoms. The summed E-state index contributed by atoms with van der Waals surface area (Å²) < 4.78 is 15.3. The summed E-state index contributed by atoms with van der Waals surface area (Å²) in [5, 5.41) is 4.32. The first-order valence-electron chi connectivity index (χ1n) is 7.72. The summed E-state index contributed by atoms with van der Waals surface area (Å²) in [7, 11) is 0. The molecular weight excluding hydrogens is 281 g/mol. The maximum atomic E-state index is 13.3. The molecule has 1 saturated heterocycles. The van der Waals surface area contributed by atoms with Gasteiger partial charge in [-0.1, -0.05) is 6.07 Å². The summed E-state index contributed by atoms with van der Waals surface area (Å²) in [5.74, 6) is 0.316. The van der Waals surface area contributed by atoms with E-state index in [1.54, 1.807) is 6.07 Å². The predicted molar refractivity (Wildman–Crippen MR) is 84.4 cm³/mol. The van der Waals surface area contributed by atoms with Crippen LogP contribution >= 0.6 is 0 Å². The van der Waals surface area contributed by atoms with Crippen LogP contribution in [0.5, 0.6) is 0 Å². The Bertz CT molecular complexity index is 627. The molecule has 22 heavy (non-hydrogen) atoms. The molecule has 1 aliphatic heterocycles. The summed E-state index contributed by atoms with van der Waals surface area (Å²) in [6.07, 6.45) is 3.95. The van der Waals surface area contributed by atoms with Crippen LogP contribution in [0.4, 0.5) is 10.2 Å². The Morgan fingerprint density at radius 2 is 2.14 bits per heavy atom. The molecule has 1 atom stereocenters. The van der Waals surface area contributed by atoms with E-state index >= 15 is 0 Å². The highest BCUT2D eigenvalue weighted by atomic mass is 19.1. The highest BCUT2D eigenvalue weighted by molar-refractivity contribution is 5.40. The second-order valence-electron chi connectivity index (χ2n) is 5.94. The summed E-state index contributed by atoms with van der Waals surface area (Å²) in [5.41, 5.74) is 1.19. The van der Waals surface area contributed by atoms with Crippen molar-refractivity contribution >= 4 is 5.82 Å². The minimum atomic E-state index is -0.416. The molecule has 0 aliphatic carbocycles. The normalized spacial score (nSPS) is 19.6. The van der Waals surface area contributed by atoms with Gasteiger partial charge in [-0.05, 0) is 31.5 Å². The highest BCUT2D eigenvalue weighted by Gasteiger charge is 2.24. The third-order valence-corrected chi connectivity index (χ3v) is 4.11. The van der Waals surface area contributed by atoms with Crippen molar-refractivity contribution in [1.82, 2.24) is 19.7 Å². The number of hydrogen-bond acceptors (Lipinski definition) is 4. The third kappa shape index (κ3) is 3.44. The lowest BCUT2D eigenvalue weighted by Crippen LogP contribution is -2.52. The lowest BCUT2D eigenvalue weighted by Gasteiger charge is -2.40. The van der Waals surface area contributed by atoms with Crippen LogP contribution in [0.25, 0.3) is 0 Å². The van der Waals surface area contributed by atoms with E-state index in [1.165, 1.54) is 11.6 Å². The van der Waals surface area contributed by atoms with Gasteiger partial charge in [-0.15, -0.1) is 0 Å². The van der Waals surface area contributed by atoms with Crippen LogP contribution in [0.15, 0.2) is 30.6 Å². The van der Waals surface area contributed by atoms with Gasteiger partial charge in [-0.25, -0.2) is 4.98 Å². The van der Waals surface area contributed by atoms with E-state index in [4.69, 9.17) is 0 Å². The van der Waals surface area contributed by atoms with Crippen molar-refractivity contribution in [3.05, 3.63) is 42.1 Å². The second-order valence-corrected chi connectivity index (χ2v) is 5.94. The standard InChI is InChI=1S/C16H22FN5/c1-13-10-18-21(11-13)8-6-20-7-9-22(14(2)12-20)16-5-3-4-15(17)19-16/h3-5,10-11,14H,6-9,12H2,1-2H3. The lowest BCUT2D eigenvalue weighted by molar-refractivity contribution is 0.217. The fraction of sp³-hybridized carbons (Fsp3) is 0.500. The number of halogens is 1. The first-order valence-corrected chi connectivity index (χ1v) is 7.72. The molecule has 0 saturated carbocycles. The van der Waals surface area contributed by atoms with Crippen LogP contribution in [0.2, 0.25) is 0 Å². The van der Waals surface area contributed by atoms with Crippen molar-refractivity contribution in [2.45, 2.75) is 26.4 Å². The number of rotatable bonds is 4. The van der Waals surface area contributed by atoms with Gasteiger partial charge in [0.25, 0.3) is 0 Å². The molecule has 0 aromatic carbocycles. The van der Waals surface area contributed by atoms with E-state index in [2.05, 4.69) is 39.9 Å². The zero-order chi connectivity index (χ0) is 15.5. The van der Waals surface area contributed by atoms with Crippen LogP contribution in [0, 0.1) is 12.9 Å². The number of anilines is 1. The van der Waals surface area contributed by atoms with Crippen LogP contribution < -0.4 is 4.90 Å². The molecular formula is C16H22FN5. The summed E-state index contributed by atoms with van der Waals surface area (Å²) in [4.78, 5) is 8.60. The SMILES string of the molecule is Cc1cnn(CCN2CCN(c3cccc(F)n3)C(C)C2)c1. The molecule has 0 bridgehead atoms. The van der Waals surface area contributed by atoms with Crippen LogP contribution in [-0.2, 0) is 6.54 Å². The number of aryl methyl sites for hydroxylation is 1. The Hall–Kier alpha value is -1.95. The quantitative estimate of drug-likeness (QED) is 0.809. The lowest BCUT2D eigenvalue weighted by atomic mass is 10.2. The molecule has 0 spiro atoms. The first kappa shape index (κ1) is 15.0. The van der Waals surface area contributed by atoms with Crippen LogP contribution in [0.1, 0.15) is 12.5 Å². The van der Waals surface area contributed by atoms with E-state index in [1.807, 2.05) is 16.9 Å².